The summed E-state index contributed by atoms with van der Waals surface area (Å²) in [4.78, 5) is 16.6. The molecule has 0 saturated heterocycles. The van der Waals surface area contributed by atoms with Crippen molar-refractivity contribution in [2.75, 3.05) is 19.6 Å². The fourth-order valence-electron chi connectivity index (χ4n) is 2.39. The van der Waals surface area contributed by atoms with Gasteiger partial charge in [-0.1, -0.05) is 48.0 Å². The van der Waals surface area contributed by atoms with Crippen LogP contribution >= 0.6 is 0 Å². The van der Waals surface area contributed by atoms with Crippen LogP contribution in [0.4, 0.5) is 0 Å². The number of amides is 1. The van der Waals surface area contributed by atoms with E-state index in [4.69, 9.17) is 0 Å². The maximum absolute atomic E-state index is 12.0. The molecule has 26 heavy (non-hydrogen) atoms. The Morgan fingerprint density at radius 1 is 0.923 bits per heavy atom. The van der Waals surface area contributed by atoms with Gasteiger partial charge in [-0.15, -0.1) is 0 Å². The molecule has 3 N–H and O–H groups in total. The highest BCUT2D eigenvalue weighted by atomic mass is 16.1. The Hall–Kier alpha value is -2.82. The van der Waals surface area contributed by atoms with E-state index in [2.05, 4.69) is 52.1 Å². The van der Waals surface area contributed by atoms with E-state index in [1.54, 1.807) is 0 Å². The van der Waals surface area contributed by atoms with Gasteiger partial charge in [0.15, 0.2) is 5.96 Å². The molecule has 5 heteroatoms. The molecule has 0 spiro atoms. The van der Waals surface area contributed by atoms with Crippen molar-refractivity contribution in [3.05, 3.63) is 71.3 Å². The second-order valence-electron chi connectivity index (χ2n) is 6.08. The van der Waals surface area contributed by atoms with E-state index in [1.165, 1.54) is 11.1 Å². The Labute approximate surface area is 155 Å². The molecule has 0 bridgehead atoms. The number of aryl methyl sites for hydroxylation is 1. The summed E-state index contributed by atoms with van der Waals surface area (Å²) in [7, 11) is 0. The minimum atomic E-state index is -0.0365. The third-order valence-electron chi connectivity index (χ3n) is 3.85. The molecule has 0 atom stereocenters. The molecule has 0 aromatic heterocycles. The van der Waals surface area contributed by atoms with Gasteiger partial charge in [-0.3, -0.25) is 4.79 Å². The second kappa shape index (κ2) is 10.9. The maximum atomic E-state index is 12.0. The van der Waals surface area contributed by atoms with Gasteiger partial charge in [0, 0.05) is 25.2 Å². The van der Waals surface area contributed by atoms with E-state index in [-0.39, 0.29) is 5.91 Å². The number of aliphatic imine (C=N–C) groups is 1. The number of hydrogen-bond donors (Lipinski definition) is 3. The molecule has 2 rings (SSSR count). The van der Waals surface area contributed by atoms with Gasteiger partial charge in [0.05, 0.1) is 6.54 Å². The summed E-state index contributed by atoms with van der Waals surface area (Å²) in [6.07, 6.45) is 0.827. The first kappa shape index (κ1) is 19.5. The highest BCUT2D eigenvalue weighted by Crippen LogP contribution is 2.04. The van der Waals surface area contributed by atoms with Gasteiger partial charge >= 0.3 is 0 Å². The summed E-state index contributed by atoms with van der Waals surface area (Å²) in [6.45, 7) is 6.94. The van der Waals surface area contributed by atoms with Crippen molar-refractivity contribution in [2.24, 2.45) is 4.99 Å². The third kappa shape index (κ3) is 6.97. The molecule has 0 saturated carbocycles. The molecule has 2 aromatic carbocycles. The standard InChI is InChI=1S/C21H28N4O/c1-3-22-21(25-16-18-12-10-17(2)11-13-18)24-15-7-14-23-20(26)19-8-5-4-6-9-19/h4-6,8-13H,3,7,14-16H2,1-2H3,(H,23,26)(H2,22,24,25). The minimum Gasteiger partial charge on any atom is -0.357 e. The number of nitrogens with zero attached hydrogens (tertiary/aromatic N) is 1. The van der Waals surface area contributed by atoms with E-state index < -0.39 is 0 Å². The number of hydrogen-bond acceptors (Lipinski definition) is 2. The summed E-state index contributed by atoms with van der Waals surface area (Å²) in [5.41, 5.74) is 3.12. The molecule has 0 aliphatic heterocycles. The topological polar surface area (TPSA) is 65.5 Å². The van der Waals surface area contributed by atoms with Gasteiger partial charge in [-0.25, -0.2) is 4.99 Å². The Bertz CT molecular complexity index is 696. The van der Waals surface area contributed by atoms with E-state index in [0.717, 1.165) is 25.5 Å². The molecular weight excluding hydrogens is 324 g/mol. The molecule has 0 fully saturated rings. The normalized spacial score (nSPS) is 11.1. The lowest BCUT2D eigenvalue weighted by molar-refractivity contribution is 0.0953. The van der Waals surface area contributed by atoms with Crippen LogP contribution in [0.15, 0.2) is 59.6 Å². The van der Waals surface area contributed by atoms with Crippen molar-refractivity contribution in [3.8, 4) is 0 Å². The monoisotopic (exact) mass is 352 g/mol. The van der Waals surface area contributed by atoms with Gasteiger partial charge in [-0.2, -0.15) is 0 Å². The van der Waals surface area contributed by atoms with Crippen LogP contribution in [0.5, 0.6) is 0 Å². The SMILES string of the molecule is CCNC(=NCc1ccc(C)cc1)NCCCNC(=O)c1ccccc1. The Morgan fingerprint density at radius 2 is 1.62 bits per heavy atom. The number of rotatable bonds is 8. The molecule has 2 aromatic rings. The molecule has 0 heterocycles. The minimum absolute atomic E-state index is 0.0365. The molecule has 1 amide bonds. The predicted octanol–water partition coefficient (Wildman–Crippen LogP) is 2.87. The Balaban J connectivity index is 1.71. The zero-order valence-electron chi connectivity index (χ0n) is 15.6. The lowest BCUT2D eigenvalue weighted by Crippen LogP contribution is -2.38. The van der Waals surface area contributed by atoms with Crippen LogP contribution in [0, 0.1) is 6.92 Å². The molecule has 0 aliphatic rings. The van der Waals surface area contributed by atoms with Crippen LogP contribution < -0.4 is 16.0 Å². The zero-order chi connectivity index (χ0) is 18.6. The van der Waals surface area contributed by atoms with Crippen molar-refractivity contribution >= 4 is 11.9 Å². The number of carbonyl (C=O) groups is 1. The van der Waals surface area contributed by atoms with Crippen LogP contribution in [0.25, 0.3) is 0 Å². The maximum Gasteiger partial charge on any atom is 0.251 e. The van der Waals surface area contributed by atoms with Crippen molar-refractivity contribution in [2.45, 2.75) is 26.8 Å². The first-order valence-corrected chi connectivity index (χ1v) is 9.10. The molecule has 5 nitrogen and oxygen atoms in total. The Morgan fingerprint density at radius 3 is 2.31 bits per heavy atom. The van der Waals surface area contributed by atoms with Crippen LogP contribution in [-0.4, -0.2) is 31.5 Å². The number of benzene rings is 2. The first-order chi connectivity index (χ1) is 12.7. The summed E-state index contributed by atoms with van der Waals surface area (Å²) in [5.74, 6) is 0.757. The van der Waals surface area contributed by atoms with Crippen LogP contribution in [0.3, 0.4) is 0 Å². The smallest absolute Gasteiger partial charge is 0.251 e. The van der Waals surface area contributed by atoms with E-state index in [9.17, 15) is 4.79 Å². The molecule has 0 radical (unpaired) electrons. The zero-order valence-corrected chi connectivity index (χ0v) is 15.6. The number of guanidine groups is 1. The van der Waals surface area contributed by atoms with E-state index in [1.807, 2.05) is 37.3 Å². The van der Waals surface area contributed by atoms with Crippen LogP contribution in [-0.2, 0) is 6.54 Å². The average molecular weight is 352 g/mol. The van der Waals surface area contributed by atoms with Gasteiger partial charge in [-0.05, 0) is 38.0 Å². The third-order valence-corrected chi connectivity index (χ3v) is 3.85. The number of carbonyl (C=O) groups excluding carboxylic acids is 1. The van der Waals surface area contributed by atoms with Gasteiger partial charge < -0.3 is 16.0 Å². The molecule has 0 unspecified atom stereocenters. The van der Waals surface area contributed by atoms with Crippen molar-refractivity contribution in [1.82, 2.24) is 16.0 Å². The quantitative estimate of drug-likeness (QED) is 0.389. The predicted molar refractivity (Wildman–Crippen MR) is 107 cm³/mol. The summed E-state index contributed by atoms with van der Waals surface area (Å²) >= 11 is 0. The average Bonchev–Trinajstić information content (AvgIpc) is 2.67. The van der Waals surface area contributed by atoms with Gasteiger partial charge in [0.2, 0.25) is 0 Å². The van der Waals surface area contributed by atoms with E-state index in [0.29, 0.717) is 18.7 Å². The summed E-state index contributed by atoms with van der Waals surface area (Å²) in [6, 6.07) is 17.7. The molecule has 138 valence electrons. The van der Waals surface area contributed by atoms with Crippen molar-refractivity contribution in [1.29, 1.82) is 0 Å². The Kier molecular flexibility index (Phi) is 8.19. The van der Waals surface area contributed by atoms with E-state index >= 15 is 0 Å². The lowest BCUT2D eigenvalue weighted by atomic mass is 10.1. The second-order valence-corrected chi connectivity index (χ2v) is 6.08. The molecular formula is C21H28N4O. The first-order valence-electron chi connectivity index (χ1n) is 9.10. The fraction of sp³-hybridized carbons (Fsp3) is 0.333. The van der Waals surface area contributed by atoms with Gasteiger partial charge in [0.25, 0.3) is 5.91 Å². The fourth-order valence-corrected chi connectivity index (χ4v) is 2.39. The molecule has 0 aliphatic carbocycles. The highest BCUT2D eigenvalue weighted by Gasteiger charge is 2.03. The summed E-state index contributed by atoms with van der Waals surface area (Å²) in [5, 5.41) is 9.47. The van der Waals surface area contributed by atoms with Crippen LogP contribution in [0.2, 0.25) is 0 Å². The van der Waals surface area contributed by atoms with Gasteiger partial charge in [0.1, 0.15) is 0 Å². The van der Waals surface area contributed by atoms with Crippen LogP contribution in [0.1, 0.15) is 34.8 Å². The largest absolute Gasteiger partial charge is 0.357 e. The number of nitrogens with one attached hydrogen (secondary N) is 3. The van der Waals surface area contributed by atoms with Crippen molar-refractivity contribution < 1.29 is 4.79 Å². The highest BCUT2D eigenvalue weighted by molar-refractivity contribution is 5.94. The lowest BCUT2D eigenvalue weighted by Gasteiger charge is -2.11. The van der Waals surface area contributed by atoms with Crippen molar-refractivity contribution in [3.63, 3.8) is 0 Å². The summed E-state index contributed by atoms with van der Waals surface area (Å²) < 4.78 is 0.